The molecular formula is C4H10N4. The summed E-state index contributed by atoms with van der Waals surface area (Å²) in [5, 5.41) is 4.16. The van der Waals surface area contributed by atoms with Crippen LogP contribution in [0.2, 0.25) is 0 Å². The van der Waals surface area contributed by atoms with Crippen LogP contribution < -0.4 is 11.0 Å². The van der Waals surface area contributed by atoms with E-state index in [2.05, 4.69) is 22.9 Å². The monoisotopic (exact) mass is 114 g/mol. The van der Waals surface area contributed by atoms with E-state index in [9.17, 15) is 0 Å². The Balaban J connectivity index is 2.15. The lowest BCUT2D eigenvalue weighted by molar-refractivity contribution is 0.0891. The van der Waals surface area contributed by atoms with Crippen LogP contribution in [0.4, 0.5) is 0 Å². The average molecular weight is 114 g/mol. The van der Waals surface area contributed by atoms with Crippen molar-refractivity contribution in [2.75, 3.05) is 13.6 Å². The van der Waals surface area contributed by atoms with E-state index in [-0.39, 0.29) is 5.66 Å². The lowest BCUT2D eigenvalue weighted by Gasteiger charge is -2.08. The third kappa shape index (κ3) is 0.385. The van der Waals surface area contributed by atoms with Crippen LogP contribution in [-0.2, 0) is 0 Å². The van der Waals surface area contributed by atoms with Crippen molar-refractivity contribution in [2.24, 2.45) is 0 Å². The number of nitrogens with one attached hydrogen (secondary N) is 2. The van der Waals surface area contributed by atoms with Crippen molar-refractivity contribution < 1.29 is 0 Å². The highest BCUT2D eigenvalue weighted by atomic mass is 16.0. The van der Waals surface area contributed by atoms with Gasteiger partial charge in [0.15, 0.2) is 0 Å². The standard InChI is InChI=1S/C4H10N4/c1-4-3-8(4)7(2)6-5-4/h5-6H,3H2,1-2H3. The van der Waals surface area contributed by atoms with Gasteiger partial charge in [0.2, 0.25) is 0 Å². The van der Waals surface area contributed by atoms with Crippen LogP contribution in [0, 0.1) is 0 Å². The fourth-order valence-electron chi connectivity index (χ4n) is 1.06. The van der Waals surface area contributed by atoms with Gasteiger partial charge in [0, 0.05) is 7.05 Å². The Hall–Kier alpha value is -0.160. The lowest BCUT2D eigenvalue weighted by Crippen LogP contribution is -2.41. The van der Waals surface area contributed by atoms with Crippen LogP contribution in [0.1, 0.15) is 6.92 Å². The molecule has 8 heavy (non-hydrogen) atoms. The number of hydrazine groups is 3. The third-order valence-corrected chi connectivity index (χ3v) is 1.77. The van der Waals surface area contributed by atoms with Crippen molar-refractivity contribution in [3.8, 4) is 0 Å². The summed E-state index contributed by atoms with van der Waals surface area (Å²) in [5.41, 5.74) is 6.32. The fraction of sp³-hybridized carbons (Fsp3) is 1.00. The molecule has 2 rings (SSSR count). The van der Waals surface area contributed by atoms with E-state index in [0.29, 0.717) is 0 Å². The molecule has 0 saturated carbocycles. The second kappa shape index (κ2) is 1.06. The van der Waals surface area contributed by atoms with Gasteiger partial charge in [0.05, 0.1) is 6.54 Å². The molecule has 2 heterocycles. The summed E-state index contributed by atoms with van der Waals surface area (Å²) in [7, 11) is 1.99. The third-order valence-electron chi connectivity index (χ3n) is 1.77. The maximum atomic E-state index is 3.12. The topological polar surface area (TPSA) is 30.3 Å². The molecule has 0 amide bonds. The predicted octanol–water partition coefficient (Wildman–Crippen LogP) is -1.11. The van der Waals surface area contributed by atoms with E-state index in [0.717, 1.165) is 6.54 Å². The smallest absolute Gasteiger partial charge is 0.111 e. The summed E-state index contributed by atoms with van der Waals surface area (Å²) in [6.45, 7) is 3.28. The molecule has 46 valence electrons. The number of hydrogen-bond donors (Lipinski definition) is 2. The van der Waals surface area contributed by atoms with E-state index in [4.69, 9.17) is 0 Å². The Morgan fingerprint density at radius 3 is 2.50 bits per heavy atom. The highest BCUT2D eigenvalue weighted by Crippen LogP contribution is 2.31. The zero-order valence-corrected chi connectivity index (χ0v) is 5.10. The van der Waals surface area contributed by atoms with E-state index in [1.54, 1.807) is 0 Å². The van der Waals surface area contributed by atoms with Crippen molar-refractivity contribution in [1.82, 2.24) is 21.1 Å². The SMILES string of the molecule is CN1NNC2(C)CN12. The molecule has 0 aromatic heterocycles. The first-order valence-electron chi connectivity index (χ1n) is 2.76. The zero-order chi connectivity index (χ0) is 5.78. The van der Waals surface area contributed by atoms with Crippen molar-refractivity contribution in [3.05, 3.63) is 0 Å². The zero-order valence-electron chi connectivity index (χ0n) is 5.10. The quantitative estimate of drug-likeness (QED) is 0.391. The largest absolute Gasteiger partial charge is 0.220 e. The first-order chi connectivity index (χ1) is 3.72. The molecule has 2 saturated heterocycles. The molecule has 2 aliphatic rings. The molecule has 0 aliphatic carbocycles. The minimum atomic E-state index is 0.231. The lowest BCUT2D eigenvalue weighted by atomic mass is 10.4. The molecule has 2 N–H and O–H groups in total. The maximum absolute atomic E-state index is 3.12. The van der Waals surface area contributed by atoms with Crippen LogP contribution >= 0.6 is 0 Å². The average Bonchev–Trinajstić information content (AvgIpc) is 2.32. The van der Waals surface area contributed by atoms with Gasteiger partial charge in [-0.1, -0.05) is 0 Å². The van der Waals surface area contributed by atoms with E-state index in [1.165, 1.54) is 0 Å². The van der Waals surface area contributed by atoms with Gasteiger partial charge in [0.1, 0.15) is 5.66 Å². The van der Waals surface area contributed by atoms with Gasteiger partial charge in [-0.2, -0.15) is 10.7 Å². The normalized spacial score (nSPS) is 54.0. The molecule has 2 fully saturated rings. The van der Waals surface area contributed by atoms with Crippen LogP contribution in [0.5, 0.6) is 0 Å². The first-order valence-corrected chi connectivity index (χ1v) is 2.76. The number of hydrogen-bond acceptors (Lipinski definition) is 4. The van der Waals surface area contributed by atoms with Crippen LogP contribution in [0.3, 0.4) is 0 Å². The summed E-state index contributed by atoms with van der Waals surface area (Å²) >= 11 is 0. The predicted molar refractivity (Wildman–Crippen MR) is 29.1 cm³/mol. The van der Waals surface area contributed by atoms with Gasteiger partial charge in [-0.05, 0) is 6.92 Å². The number of rotatable bonds is 0. The van der Waals surface area contributed by atoms with Gasteiger partial charge in [-0.25, -0.2) is 10.4 Å². The fourth-order valence-corrected chi connectivity index (χ4v) is 1.06. The molecule has 0 radical (unpaired) electrons. The highest BCUT2D eigenvalue weighted by Gasteiger charge is 2.55. The molecule has 4 nitrogen and oxygen atoms in total. The van der Waals surface area contributed by atoms with Gasteiger partial charge < -0.3 is 0 Å². The van der Waals surface area contributed by atoms with Crippen molar-refractivity contribution in [1.29, 1.82) is 0 Å². The van der Waals surface area contributed by atoms with Gasteiger partial charge in [0.25, 0.3) is 0 Å². The summed E-state index contributed by atoms with van der Waals surface area (Å²) in [6, 6.07) is 0. The Bertz CT molecular complexity index is 125. The van der Waals surface area contributed by atoms with Gasteiger partial charge >= 0.3 is 0 Å². The summed E-state index contributed by atoms with van der Waals surface area (Å²) in [4.78, 5) is 0. The minimum Gasteiger partial charge on any atom is -0.220 e. The van der Waals surface area contributed by atoms with Crippen LogP contribution in [-0.4, -0.2) is 29.4 Å². The van der Waals surface area contributed by atoms with E-state index < -0.39 is 0 Å². The van der Waals surface area contributed by atoms with Crippen molar-refractivity contribution >= 4 is 0 Å². The number of fused-ring (bicyclic) bond motifs is 1. The van der Waals surface area contributed by atoms with E-state index in [1.807, 2.05) is 12.2 Å². The Kier molecular flexibility index (Phi) is 0.622. The molecule has 2 unspecified atom stereocenters. The second-order valence-electron chi connectivity index (χ2n) is 2.59. The van der Waals surface area contributed by atoms with Crippen molar-refractivity contribution in [2.45, 2.75) is 12.6 Å². The first kappa shape index (κ1) is 4.69. The van der Waals surface area contributed by atoms with Gasteiger partial charge in [-0.3, -0.25) is 0 Å². The summed E-state index contributed by atoms with van der Waals surface area (Å²) < 4.78 is 0. The highest BCUT2D eigenvalue weighted by molar-refractivity contribution is 5.00. The Morgan fingerprint density at radius 2 is 2.38 bits per heavy atom. The molecule has 4 heteroatoms. The Labute approximate surface area is 48.4 Å². The molecule has 0 aromatic rings. The maximum Gasteiger partial charge on any atom is 0.111 e. The number of nitrogens with zero attached hydrogens (tertiary/aromatic N) is 2. The van der Waals surface area contributed by atoms with Crippen LogP contribution in [0.25, 0.3) is 0 Å². The van der Waals surface area contributed by atoms with Gasteiger partial charge in [-0.15, -0.1) is 0 Å². The molecule has 2 atom stereocenters. The molecule has 0 bridgehead atoms. The molecule has 0 aromatic carbocycles. The summed E-state index contributed by atoms with van der Waals surface area (Å²) in [6.07, 6.45) is 0. The second-order valence-corrected chi connectivity index (χ2v) is 2.59. The minimum absolute atomic E-state index is 0.231. The molecule has 0 spiro atoms. The molecule has 2 aliphatic heterocycles. The molecular weight excluding hydrogens is 104 g/mol. The van der Waals surface area contributed by atoms with Crippen LogP contribution in [0.15, 0.2) is 0 Å². The van der Waals surface area contributed by atoms with E-state index >= 15 is 0 Å². The van der Waals surface area contributed by atoms with Crippen molar-refractivity contribution in [3.63, 3.8) is 0 Å². The summed E-state index contributed by atoms with van der Waals surface area (Å²) in [5.74, 6) is 0. The Morgan fingerprint density at radius 1 is 1.62 bits per heavy atom.